The number of rotatable bonds is 7. The van der Waals surface area contributed by atoms with Crippen molar-refractivity contribution in [2.75, 3.05) is 30.4 Å². The number of aryl methyl sites for hydroxylation is 1. The number of anilines is 2. The Kier molecular flexibility index (Phi) is 7.60. The van der Waals surface area contributed by atoms with Crippen molar-refractivity contribution in [3.63, 3.8) is 0 Å². The summed E-state index contributed by atoms with van der Waals surface area (Å²) in [5, 5.41) is 13.1. The fourth-order valence-corrected chi connectivity index (χ4v) is 5.10. The van der Waals surface area contributed by atoms with Crippen LogP contribution in [-0.2, 0) is 23.1 Å². The molecule has 2 atom stereocenters. The van der Waals surface area contributed by atoms with Gasteiger partial charge < -0.3 is 34.9 Å². The first-order valence-electron chi connectivity index (χ1n) is 12.2. The second-order valence-electron chi connectivity index (χ2n) is 9.51. The molecule has 214 valence electrons. The Balaban J connectivity index is 1.48. The molecule has 1 aliphatic rings. The smallest absolute Gasteiger partial charge is 0.263 e. The molecule has 5 rings (SSSR count). The number of benzene rings is 1. The number of carbonyl (C=O) groups excluding carboxylic acids is 2. The molecule has 1 fully saturated rings. The average Bonchev–Trinajstić information content (AvgIpc) is 3.49. The van der Waals surface area contributed by atoms with E-state index in [1.807, 2.05) is 0 Å². The molecule has 1 aromatic carbocycles. The summed E-state index contributed by atoms with van der Waals surface area (Å²) in [6, 6.07) is 4.23. The van der Waals surface area contributed by atoms with Crippen LogP contribution in [0.5, 0.6) is 5.75 Å². The highest BCUT2D eigenvalue weighted by Gasteiger charge is 2.34. The van der Waals surface area contributed by atoms with Gasteiger partial charge in [-0.25, -0.2) is 14.4 Å². The lowest BCUT2D eigenvalue weighted by atomic mass is 10.0. The second kappa shape index (κ2) is 11.0. The molecule has 4 heterocycles. The summed E-state index contributed by atoms with van der Waals surface area (Å²) in [6.07, 6.45) is 2.41. The molecule has 0 spiro atoms. The van der Waals surface area contributed by atoms with Crippen LogP contribution in [0.1, 0.15) is 10.4 Å². The van der Waals surface area contributed by atoms with E-state index >= 15 is 0 Å². The highest BCUT2D eigenvalue weighted by atomic mass is 35.5. The highest BCUT2D eigenvalue weighted by molar-refractivity contribution is 6.34. The Bertz CT molecular complexity index is 1760. The Labute approximate surface area is 242 Å². The maximum atomic E-state index is 14.2. The van der Waals surface area contributed by atoms with Crippen molar-refractivity contribution >= 4 is 57.6 Å². The molecule has 0 bridgehead atoms. The lowest BCUT2D eigenvalue weighted by molar-refractivity contribution is -0.116. The van der Waals surface area contributed by atoms with E-state index in [1.54, 1.807) is 11.0 Å². The van der Waals surface area contributed by atoms with Crippen molar-refractivity contribution in [3.8, 4) is 16.9 Å². The minimum Gasteiger partial charge on any atom is -0.506 e. The van der Waals surface area contributed by atoms with Crippen LogP contribution >= 0.6 is 23.2 Å². The van der Waals surface area contributed by atoms with Gasteiger partial charge in [-0.2, -0.15) is 0 Å². The van der Waals surface area contributed by atoms with E-state index in [-0.39, 0.29) is 52.0 Å². The number of nitrogens with zero attached hydrogens (tertiary/aromatic N) is 5. The van der Waals surface area contributed by atoms with E-state index in [1.165, 1.54) is 54.1 Å². The van der Waals surface area contributed by atoms with Crippen LogP contribution in [0.15, 0.2) is 41.7 Å². The molecule has 4 N–H and O–H groups in total. The number of amides is 2. The van der Waals surface area contributed by atoms with Gasteiger partial charge in [-0.1, -0.05) is 23.2 Å². The second-order valence-corrected chi connectivity index (χ2v) is 10.3. The molecular weight excluding hydrogens is 580 g/mol. The molecule has 4 aromatic rings. The van der Waals surface area contributed by atoms with E-state index in [0.29, 0.717) is 16.9 Å². The van der Waals surface area contributed by atoms with E-state index in [2.05, 4.69) is 15.3 Å². The predicted octanol–water partition coefficient (Wildman–Crippen LogP) is 2.72. The van der Waals surface area contributed by atoms with Gasteiger partial charge in [-0.05, 0) is 17.7 Å². The van der Waals surface area contributed by atoms with Gasteiger partial charge in [0.25, 0.3) is 11.5 Å². The van der Waals surface area contributed by atoms with Crippen LogP contribution in [0.2, 0.25) is 10.0 Å². The van der Waals surface area contributed by atoms with Gasteiger partial charge in [0.05, 0.1) is 45.8 Å². The summed E-state index contributed by atoms with van der Waals surface area (Å²) in [5.74, 6) is -1.49. The largest absolute Gasteiger partial charge is 0.506 e. The molecule has 0 aliphatic carbocycles. The Hall–Kier alpha value is -4.20. The lowest BCUT2D eigenvalue weighted by Crippen LogP contribution is -2.24. The first kappa shape index (κ1) is 28.3. The normalized spacial score (nSPS) is 16.9. The number of carbonyl (C=O) groups is 2. The van der Waals surface area contributed by atoms with Crippen LogP contribution in [0.4, 0.5) is 15.9 Å². The molecular formula is C26H24Cl2FN7O5. The van der Waals surface area contributed by atoms with Gasteiger partial charge in [0, 0.05) is 38.5 Å². The number of fused-ring (bicyclic) bond motifs is 1. The van der Waals surface area contributed by atoms with Crippen molar-refractivity contribution in [1.29, 1.82) is 0 Å². The molecule has 1 aliphatic heterocycles. The fraction of sp³-hybridized carbons (Fsp3) is 0.269. The molecule has 2 amide bonds. The zero-order valence-electron chi connectivity index (χ0n) is 21.8. The molecule has 12 nitrogen and oxygen atoms in total. The number of halogens is 3. The number of nitrogens with two attached hydrogens (primary N) is 1. The molecule has 0 radical (unpaired) electrons. The van der Waals surface area contributed by atoms with Gasteiger partial charge in [0.2, 0.25) is 5.91 Å². The lowest BCUT2D eigenvalue weighted by Gasteiger charge is -2.18. The zero-order valence-corrected chi connectivity index (χ0v) is 23.3. The third-order valence-electron chi connectivity index (χ3n) is 6.83. The van der Waals surface area contributed by atoms with Crippen LogP contribution in [0, 0.1) is 0 Å². The van der Waals surface area contributed by atoms with Crippen LogP contribution in [0.25, 0.3) is 22.2 Å². The van der Waals surface area contributed by atoms with Gasteiger partial charge in [-0.3, -0.25) is 14.4 Å². The predicted molar refractivity (Wildman–Crippen MR) is 151 cm³/mol. The Morgan fingerprint density at radius 1 is 1.22 bits per heavy atom. The van der Waals surface area contributed by atoms with Crippen LogP contribution in [0.3, 0.4) is 0 Å². The zero-order chi connectivity index (χ0) is 29.6. The maximum Gasteiger partial charge on any atom is 0.263 e. The maximum absolute atomic E-state index is 14.2. The third kappa shape index (κ3) is 5.31. The first-order valence-corrected chi connectivity index (χ1v) is 13.0. The van der Waals surface area contributed by atoms with Crippen molar-refractivity contribution in [1.82, 2.24) is 19.1 Å². The number of hydrogen-bond donors (Lipinski definition) is 3. The Morgan fingerprint density at radius 3 is 2.66 bits per heavy atom. The standard InChI is InChI=1S/C26H24Cl2FN7O5/c1-34-11-32-25-22(26(34)40)14(12-3-13(24(30)39)23(38)15(27)4-12)7-36(25)10-21(37)33-18-5-20(31-6-16(18)28)35-8-17(29)19(9-35)41-2/h3-7,11,17,19,38H,8-10H2,1-2H3,(H2,30,39)(H,31,33,37)/t17-,19+/m0/s1. The summed E-state index contributed by atoms with van der Waals surface area (Å²) in [6.45, 7) is 0.0936. The number of ether oxygens (including phenoxy) is 1. The summed E-state index contributed by atoms with van der Waals surface area (Å²) in [5.41, 5.74) is 5.82. The summed E-state index contributed by atoms with van der Waals surface area (Å²) < 4.78 is 22.1. The van der Waals surface area contributed by atoms with E-state index < -0.39 is 35.4 Å². The van der Waals surface area contributed by atoms with Gasteiger partial charge >= 0.3 is 0 Å². The van der Waals surface area contributed by atoms with Crippen molar-refractivity contribution in [3.05, 3.63) is 62.9 Å². The number of pyridine rings is 1. The fourth-order valence-electron chi connectivity index (χ4n) is 4.73. The van der Waals surface area contributed by atoms with Crippen molar-refractivity contribution < 1.29 is 23.8 Å². The first-order chi connectivity index (χ1) is 19.5. The number of nitrogens with one attached hydrogen (secondary N) is 1. The van der Waals surface area contributed by atoms with E-state index in [0.717, 1.165) is 0 Å². The molecule has 1 saturated heterocycles. The molecule has 0 unspecified atom stereocenters. The van der Waals surface area contributed by atoms with Crippen molar-refractivity contribution in [2.45, 2.75) is 18.8 Å². The average molecular weight is 604 g/mol. The molecule has 3 aromatic heterocycles. The molecule has 41 heavy (non-hydrogen) atoms. The van der Waals surface area contributed by atoms with Crippen molar-refractivity contribution in [2.24, 2.45) is 12.8 Å². The van der Waals surface area contributed by atoms with Gasteiger partial charge in [-0.15, -0.1) is 0 Å². The summed E-state index contributed by atoms with van der Waals surface area (Å²) in [7, 11) is 2.96. The minimum absolute atomic E-state index is 0.0814. The van der Waals surface area contributed by atoms with Gasteiger partial charge in [0.1, 0.15) is 36.0 Å². The number of phenols is 1. The number of hydrogen-bond acceptors (Lipinski definition) is 8. The number of primary amides is 1. The minimum atomic E-state index is -1.19. The monoisotopic (exact) mass is 603 g/mol. The van der Waals surface area contributed by atoms with Crippen LogP contribution in [-0.4, -0.2) is 68.5 Å². The molecule has 15 heteroatoms. The Morgan fingerprint density at radius 2 is 1.98 bits per heavy atom. The number of methoxy groups -OCH3 is 1. The quantitative estimate of drug-likeness (QED) is 0.291. The number of alkyl halides is 1. The van der Waals surface area contributed by atoms with E-state index in [9.17, 15) is 23.9 Å². The summed E-state index contributed by atoms with van der Waals surface area (Å²) in [4.78, 5) is 48.5. The number of aromatic nitrogens is 4. The topological polar surface area (TPSA) is 158 Å². The van der Waals surface area contributed by atoms with Gasteiger partial charge in [0.15, 0.2) is 0 Å². The van der Waals surface area contributed by atoms with Crippen LogP contribution < -0.4 is 21.5 Å². The highest BCUT2D eigenvalue weighted by Crippen LogP contribution is 2.36. The SMILES string of the molecule is CO[C@@H]1CN(c2cc(NC(=O)Cn3cc(-c4cc(Cl)c(O)c(C(N)=O)c4)c4c(=O)n(C)cnc43)c(Cl)cn2)C[C@@H]1F. The molecule has 0 saturated carbocycles. The van der Waals surface area contributed by atoms with E-state index in [4.69, 9.17) is 33.7 Å². The number of aromatic hydroxyl groups is 1. The summed E-state index contributed by atoms with van der Waals surface area (Å²) >= 11 is 12.4. The third-order valence-corrected chi connectivity index (χ3v) is 7.42.